The molecule has 0 aromatic heterocycles. The number of nitrogens with zero attached hydrogens (tertiary/aromatic N) is 1. The zero-order chi connectivity index (χ0) is 13.8. The number of hydrogen-bond donors (Lipinski definition) is 2. The fourth-order valence-corrected chi connectivity index (χ4v) is 1.63. The highest BCUT2D eigenvalue weighted by Crippen LogP contribution is 2.22. The van der Waals surface area contributed by atoms with Crippen molar-refractivity contribution in [1.29, 1.82) is 0 Å². The van der Waals surface area contributed by atoms with Gasteiger partial charge in [-0.3, -0.25) is 10.1 Å². The van der Waals surface area contributed by atoms with Crippen LogP contribution in [0.25, 0.3) is 0 Å². The molecule has 6 heteroatoms. The highest BCUT2D eigenvalue weighted by molar-refractivity contribution is 5.52. The van der Waals surface area contributed by atoms with Gasteiger partial charge < -0.3 is 10.4 Å². The van der Waals surface area contributed by atoms with Crippen molar-refractivity contribution < 1.29 is 14.4 Å². The summed E-state index contributed by atoms with van der Waals surface area (Å²) in [5, 5.41) is 22.7. The van der Waals surface area contributed by atoms with Crippen LogP contribution in [0.15, 0.2) is 42.5 Å². The van der Waals surface area contributed by atoms with Crippen LogP contribution in [-0.2, 0) is 6.54 Å². The fraction of sp³-hybridized carbons (Fsp3) is 0.0769. The van der Waals surface area contributed by atoms with Gasteiger partial charge in [0.2, 0.25) is 0 Å². The highest BCUT2D eigenvalue weighted by atomic mass is 19.1. The largest absolute Gasteiger partial charge is 0.508 e. The van der Waals surface area contributed by atoms with E-state index in [9.17, 15) is 19.6 Å². The van der Waals surface area contributed by atoms with Crippen LogP contribution in [0.3, 0.4) is 0 Å². The molecule has 0 unspecified atom stereocenters. The minimum Gasteiger partial charge on any atom is -0.508 e. The Morgan fingerprint density at radius 3 is 2.74 bits per heavy atom. The van der Waals surface area contributed by atoms with E-state index in [1.54, 1.807) is 12.1 Å². The maximum Gasteiger partial charge on any atom is 0.271 e. The minimum atomic E-state index is -0.584. The summed E-state index contributed by atoms with van der Waals surface area (Å²) in [5.41, 5.74) is 0.614. The molecule has 0 aliphatic heterocycles. The second kappa shape index (κ2) is 5.34. The molecule has 0 saturated heterocycles. The summed E-state index contributed by atoms with van der Waals surface area (Å²) in [6.07, 6.45) is 0. The smallest absolute Gasteiger partial charge is 0.271 e. The first-order chi connectivity index (χ1) is 9.06. The molecule has 0 radical (unpaired) electrons. The Morgan fingerprint density at radius 2 is 2.05 bits per heavy atom. The van der Waals surface area contributed by atoms with Crippen molar-refractivity contribution in [3.8, 4) is 5.75 Å². The van der Waals surface area contributed by atoms with Gasteiger partial charge in [-0.2, -0.15) is 0 Å². The Balaban J connectivity index is 2.15. The third-order valence-corrected chi connectivity index (χ3v) is 2.55. The topological polar surface area (TPSA) is 75.4 Å². The molecular weight excluding hydrogens is 251 g/mol. The predicted molar refractivity (Wildman–Crippen MR) is 68.5 cm³/mol. The molecule has 19 heavy (non-hydrogen) atoms. The van der Waals surface area contributed by atoms with Gasteiger partial charge in [0.1, 0.15) is 11.6 Å². The first-order valence-corrected chi connectivity index (χ1v) is 5.52. The van der Waals surface area contributed by atoms with Crippen LogP contribution in [0.5, 0.6) is 5.75 Å². The number of nitro benzene ring substituents is 1. The van der Waals surface area contributed by atoms with Crippen LogP contribution in [0, 0.1) is 15.9 Å². The normalized spacial score (nSPS) is 10.2. The Morgan fingerprint density at radius 1 is 1.26 bits per heavy atom. The van der Waals surface area contributed by atoms with Gasteiger partial charge >= 0.3 is 0 Å². The number of non-ortho nitro benzene ring substituents is 1. The zero-order valence-corrected chi connectivity index (χ0v) is 9.84. The lowest BCUT2D eigenvalue weighted by atomic mass is 10.2. The Bertz CT molecular complexity index is 617. The number of halogens is 1. The van der Waals surface area contributed by atoms with Crippen molar-refractivity contribution >= 4 is 11.4 Å². The summed E-state index contributed by atoms with van der Waals surface area (Å²) < 4.78 is 13.5. The van der Waals surface area contributed by atoms with E-state index < -0.39 is 10.7 Å². The lowest BCUT2D eigenvalue weighted by molar-refractivity contribution is -0.384. The van der Waals surface area contributed by atoms with E-state index in [1.165, 1.54) is 12.1 Å². The first-order valence-electron chi connectivity index (χ1n) is 5.52. The van der Waals surface area contributed by atoms with Gasteiger partial charge in [0, 0.05) is 18.7 Å². The molecule has 2 rings (SSSR count). The number of phenolic OH excluding ortho intramolecular Hbond substituents is 1. The van der Waals surface area contributed by atoms with Crippen LogP contribution in [0.4, 0.5) is 15.8 Å². The third kappa shape index (κ3) is 3.19. The number of nitrogens with one attached hydrogen (secondary N) is 1. The van der Waals surface area contributed by atoms with Crippen LogP contribution < -0.4 is 5.32 Å². The summed E-state index contributed by atoms with van der Waals surface area (Å²) in [6.45, 7) is 0.256. The average Bonchev–Trinajstić information content (AvgIpc) is 2.37. The summed E-state index contributed by atoms with van der Waals surface area (Å²) >= 11 is 0. The maximum absolute atomic E-state index is 13.5. The lowest BCUT2D eigenvalue weighted by Gasteiger charge is -2.07. The van der Waals surface area contributed by atoms with Gasteiger partial charge in [-0.15, -0.1) is 0 Å². The molecule has 2 N–H and O–H groups in total. The molecule has 5 nitrogen and oxygen atoms in total. The third-order valence-electron chi connectivity index (χ3n) is 2.55. The molecule has 2 aromatic rings. The van der Waals surface area contributed by atoms with E-state index in [0.29, 0.717) is 0 Å². The summed E-state index contributed by atoms with van der Waals surface area (Å²) in [4.78, 5) is 10.0. The molecule has 0 atom stereocenters. The molecule has 0 heterocycles. The second-order valence-electron chi connectivity index (χ2n) is 3.94. The van der Waals surface area contributed by atoms with E-state index in [4.69, 9.17) is 0 Å². The van der Waals surface area contributed by atoms with Crippen LogP contribution in [-0.4, -0.2) is 10.0 Å². The summed E-state index contributed by atoms with van der Waals surface area (Å²) in [6, 6.07) is 9.76. The number of benzene rings is 2. The van der Waals surface area contributed by atoms with Crippen molar-refractivity contribution in [3.63, 3.8) is 0 Å². The highest BCUT2D eigenvalue weighted by Gasteiger charge is 2.10. The first kappa shape index (κ1) is 12.8. The molecule has 0 spiro atoms. The number of hydrogen-bond acceptors (Lipinski definition) is 4. The second-order valence-corrected chi connectivity index (χ2v) is 3.94. The molecule has 0 aliphatic rings. The maximum atomic E-state index is 13.5. The predicted octanol–water partition coefficient (Wildman–Crippen LogP) is 3.05. The van der Waals surface area contributed by atoms with Crippen molar-refractivity contribution in [2.45, 2.75) is 6.54 Å². The van der Waals surface area contributed by atoms with Crippen molar-refractivity contribution in [2.75, 3.05) is 5.32 Å². The molecule has 0 amide bonds. The summed E-state index contributed by atoms with van der Waals surface area (Å²) in [5.74, 6) is -0.454. The van der Waals surface area contributed by atoms with E-state index in [2.05, 4.69) is 5.32 Å². The number of aromatic hydroxyl groups is 1. The van der Waals surface area contributed by atoms with Crippen LogP contribution >= 0.6 is 0 Å². The number of rotatable bonds is 4. The molecular formula is C13H11FN2O3. The van der Waals surface area contributed by atoms with Gasteiger partial charge in [0.05, 0.1) is 10.6 Å². The Kier molecular flexibility index (Phi) is 3.61. The van der Waals surface area contributed by atoms with Gasteiger partial charge in [0.15, 0.2) is 0 Å². The van der Waals surface area contributed by atoms with E-state index in [0.717, 1.165) is 23.8 Å². The molecule has 2 aromatic carbocycles. The van der Waals surface area contributed by atoms with E-state index in [1.807, 2.05) is 0 Å². The van der Waals surface area contributed by atoms with Gasteiger partial charge in [-0.1, -0.05) is 12.1 Å². The number of nitro groups is 1. The number of anilines is 1. The molecule has 0 bridgehead atoms. The van der Waals surface area contributed by atoms with E-state index >= 15 is 0 Å². The van der Waals surface area contributed by atoms with Gasteiger partial charge in [0.25, 0.3) is 5.69 Å². The Hall–Kier alpha value is -2.63. The standard InChI is InChI=1S/C13H11FN2O3/c14-12-5-4-10(16(18)19)7-13(12)15-8-9-2-1-3-11(17)6-9/h1-7,15,17H,8H2. The number of phenols is 1. The minimum absolute atomic E-state index is 0.0533. The molecule has 0 aliphatic carbocycles. The SMILES string of the molecule is O=[N+]([O-])c1ccc(F)c(NCc2cccc(O)c2)c1. The van der Waals surface area contributed by atoms with E-state index in [-0.39, 0.29) is 23.7 Å². The van der Waals surface area contributed by atoms with Crippen LogP contribution in [0.2, 0.25) is 0 Å². The molecule has 0 saturated carbocycles. The lowest BCUT2D eigenvalue weighted by Crippen LogP contribution is -2.02. The Labute approximate surface area is 108 Å². The van der Waals surface area contributed by atoms with Crippen LogP contribution in [0.1, 0.15) is 5.56 Å². The molecule has 98 valence electrons. The zero-order valence-electron chi connectivity index (χ0n) is 9.84. The van der Waals surface area contributed by atoms with Crippen molar-refractivity contribution in [1.82, 2.24) is 0 Å². The monoisotopic (exact) mass is 262 g/mol. The quantitative estimate of drug-likeness (QED) is 0.656. The average molecular weight is 262 g/mol. The van der Waals surface area contributed by atoms with Gasteiger partial charge in [-0.05, 0) is 23.8 Å². The summed E-state index contributed by atoms with van der Waals surface area (Å²) in [7, 11) is 0. The molecule has 0 fully saturated rings. The fourth-order valence-electron chi connectivity index (χ4n) is 1.63. The van der Waals surface area contributed by atoms with Crippen molar-refractivity contribution in [3.05, 3.63) is 64.0 Å². The van der Waals surface area contributed by atoms with Crippen molar-refractivity contribution in [2.24, 2.45) is 0 Å². The van der Waals surface area contributed by atoms with Gasteiger partial charge in [-0.25, -0.2) is 4.39 Å².